The van der Waals surface area contributed by atoms with E-state index in [1.165, 1.54) is 37.7 Å². The van der Waals surface area contributed by atoms with Gasteiger partial charge in [-0.25, -0.2) is 0 Å². The van der Waals surface area contributed by atoms with E-state index in [1.807, 2.05) is 0 Å². The molecule has 2 heterocycles. The molecule has 1 aliphatic carbocycles. The first kappa shape index (κ1) is 13.9. The summed E-state index contributed by atoms with van der Waals surface area (Å²) in [6, 6.07) is 11.4. The van der Waals surface area contributed by atoms with Crippen molar-refractivity contribution in [3.8, 4) is 0 Å². The minimum atomic E-state index is 0.550. The van der Waals surface area contributed by atoms with E-state index in [2.05, 4.69) is 45.4 Å². The van der Waals surface area contributed by atoms with Gasteiger partial charge in [0.25, 0.3) is 0 Å². The minimum absolute atomic E-state index is 0.550. The summed E-state index contributed by atoms with van der Waals surface area (Å²) in [5, 5.41) is 8.43. The zero-order chi connectivity index (χ0) is 14.8. The largest absolute Gasteiger partial charge is 0.424 e. The van der Waals surface area contributed by atoms with Crippen LogP contribution in [0, 0.1) is 0 Å². The van der Waals surface area contributed by atoms with E-state index in [-0.39, 0.29) is 0 Å². The molecular weight excluding hydrogens is 274 g/mol. The molecule has 0 N–H and O–H groups in total. The average molecular weight is 297 g/mol. The van der Waals surface area contributed by atoms with E-state index in [0.29, 0.717) is 12.0 Å². The maximum atomic E-state index is 5.82. The Labute approximate surface area is 131 Å². The van der Waals surface area contributed by atoms with Gasteiger partial charge >= 0.3 is 0 Å². The Kier molecular flexibility index (Phi) is 3.94. The van der Waals surface area contributed by atoms with Gasteiger partial charge in [-0.1, -0.05) is 30.3 Å². The highest BCUT2D eigenvalue weighted by molar-refractivity contribution is 5.14. The van der Waals surface area contributed by atoms with Crippen LogP contribution in [-0.2, 0) is 13.0 Å². The zero-order valence-corrected chi connectivity index (χ0v) is 12.9. The van der Waals surface area contributed by atoms with E-state index in [4.69, 9.17) is 4.42 Å². The first-order valence-electron chi connectivity index (χ1n) is 8.49. The predicted octanol–water partition coefficient (Wildman–Crippen LogP) is 3.54. The molecule has 1 aromatic heterocycles. The smallest absolute Gasteiger partial charge is 0.230 e. The lowest BCUT2D eigenvalue weighted by Crippen LogP contribution is -2.29. The van der Waals surface area contributed by atoms with Gasteiger partial charge in [0.1, 0.15) is 0 Å². The normalized spacial score (nSPS) is 22.3. The van der Waals surface area contributed by atoms with Crippen molar-refractivity contribution in [2.75, 3.05) is 6.54 Å². The Hall–Kier alpha value is -1.68. The molecule has 1 saturated carbocycles. The van der Waals surface area contributed by atoms with Crippen molar-refractivity contribution in [3.05, 3.63) is 47.7 Å². The lowest BCUT2D eigenvalue weighted by molar-refractivity contribution is 0.211. The number of hydrogen-bond donors (Lipinski definition) is 0. The number of nitrogens with zero attached hydrogens (tertiary/aromatic N) is 3. The van der Waals surface area contributed by atoms with Crippen LogP contribution in [0.1, 0.15) is 55.4 Å². The van der Waals surface area contributed by atoms with Crippen LogP contribution >= 0.6 is 0 Å². The van der Waals surface area contributed by atoms with Gasteiger partial charge in [-0.15, -0.1) is 10.2 Å². The van der Waals surface area contributed by atoms with Crippen LogP contribution < -0.4 is 0 Å². The molecule has 2 aliphatic rings. The van der Waals surface area contributed by atoms with Crippen molar-refractivity contribution >= 4 is 0 Å². The summed E-state index contributed by atoms with van der Waals surface area (Å²) in [6.07, 6.45) is 7.36. The van der Waals surface area contributed by atoms with Gasteiger partial charge in [0.15, 0.2) is 0 Å². The van der Waals surface area contributed by atoms with Gasteiger partial charge in [0.2, 0.25) is 11.8 Å². The SMILES string of the molecule is c1ccc(CCC2CCCN2Cc2nnc(C3CC3)o2)cc1. The monoisotopic (exact) mass is 297 g/mol. The van der Waals surface area contributed by atoms with E-state index < -0.39 is 0 Å². The fraction of sp³-hybridized carbons (Fsp3) is 0.556. The second-order valence-corrected chi connectivity index (χ2v) is 6.60. The molecule has 1 saturated heterocycles. The third-order valence-corrected chi connectivity index (χ3v) is 4.86. The molecule has 0 spiro atoms. The van der Waals surface area contributed by atoms with Crippen LogP contribution in [0.3, 0.4) is 0 Å². The van der Waals surface area contributed by atoms with Gasteiger partial charge in [-0.05, 0) is 50.6 Å². The average Bonchev–Trinajstić information content (AvgIpc) is 3.14. The number of likely N-dealkylation sites (tertiary alicyclic amines) is 1. The molecule has 0 radical (unpaired) electrons. The Morgan fingerprint density at radius 1 is 1.09 bits per heavy atom. The second-order valence-electron chi connectivity index (χ2n) is 6.60. The highest BCUT2D eigenvalue weighted by atomic mass is 16.4. The molecule has 4 heteroatoms. The van der Waals surface area contributed by atoms with Gasteiger partial charge in [0, 0.05) is 12.0 Å². The maximum absolute atomic E-state index is 5.82. The quantitative estimate of drug-likeness (QED) is 0.818. The summed E-state index contributed by atoms with van der Waals surface area (Å²) in [6.45, 7) is 1.97. The van der Waals surface area contributed by atoms with Crippen molar-refractivity contribution in [2.45, 2.75) is 57.0 Å². The second kappa shape index (κ2) is 6.21. The molecule has 0 bridgehead atoms. The summed E-state index contributed by atoms with van der Waals surface area (Å²) < 4.78 is 5.82. The molecule has 1 aromatic carbocycles. The number of benzene rings is 1. The van der Waals surface area contributed by atoms with Gasteiger partial charge < -0.3 is 4.42 Å². The third-order valence-electron chi connectivity index (χ3n) is 4.86. The van der Waals surface area contributed by atoms with E-state index >= 15 is 0 Å². The standard InChI is InChI=1S/C18H23N3O/c1-2-5-14(6-3-1)8-11-16-7-4-12-21(16)13-17-19-20-18(22-17)15-9-10-15/h1-3,5-6,15-16H,4,7-13H2. The van der Waals surface area contributed by atoms with Crippen molar-refractivity contribution in [2.24, 2.45) is 0 Å². The first-order valence-corrected chi connectivity index (χ1v) is 8.49. The minimum Gasteiger partial charge on any atom is -0.424 e. The van der Waals surface area contributed by atoms with E-state index in [9.17, 15) is 0 Å². The molecule has 2 aromatic rings. The van der Waals surface area contributed by atoms with Crippen molar-refractivity contribution in [1.29, 1.82) is 0 Å². The van der Waals surface area contributed by atoms with Gasteiger partial charge in [0.05, 0.1) is 6.54 Å². The van der Waals surface area contributed by atoms with Crippen LogP contribution in [0.15, 0.2) is 34.7 Å². The van der Waals surface area contributed by atoms with Crippen molar-refractivity contribution < 1.29 is 4.42 Å². The molecule has 4 nitrogen and oxygen atoms in total. The van der Waals surface area contributed by atoms with Crippen LogP contribution in [0.2, 0.25) is 0 Å². The Balaban J connectivity index is 1.34. The number of aromatic nitrogens is 2. The molecule has 22 heavy (non-hydrogen) atoms. The summed E-state index contributed by atoms with van der Waals surface area (Å²) in [7, 11) is 0. The van der Waals surface area contributed by atoms with Crippen LogP contribution in [0.25, 0.3) is 0 Å². The van der Waals surface area contributed by atoms with Gasteiger partial charge in [-0.2, -0.15) is 0 Å². The molecule has 116 valence electrons. The van der Waals surface area contributed by atoms with Crippen LogP contribution in [-0.4, -0.2) is 27.7 Å². The first-order chi connectivity index (χ1) is 10.9. The van der Waals surface area contributed by atoms with E-state index in [0.717, 1.165) is 31.3 Å². The highest BCUT2D eigenvalue weighted by Crippen LogP contribution is 2.39. The van der Waals surface area contributed by atoms with Crippen LogP contribution in [0.4, 0.5) is 0 Å². The zero-order valence-electron chi connectivity index (χ0n) is 12.9. The Morgan fingerprint density at radius 2 is 1.95 bits per heavy atom. The molecule has 1 aliphatic heterocycles. The van der Waals surface area contributed by atoms with Crippen molar-refractivity contribution in [3.63, 3.8) is 0 Å². The molecule has 4 rings (SSSR count). The summed E-state index contributed by atoms with van der Waals surface area (Å²) in [5.41, 5.74) is 1.43. The third kappa shape index (κ3) is 3.22. The number of rotatable bonds is 6. The molecule has 0 amide bonds. The van der Waals surface area contributed by atoms with Crippen molar-refractivity contribution in [1.82, 2.24) is 15.1 Å². The molecule has 1 unspecified atom stereocenters. The summed E-state index contributed by atoms with van der Waals surface area (Å²) >= 11 is 0. The molecule has 1 atom stereocenters. The van der Waals surface area contributed by atoms with Crippen LogP contribution in [0.5, 0.6) is 0 Å². The maximum Gasteiger partial charge on any atom is 0.230 e. The number of hydrogen-bond acceptors (Lipinski definition) is 4. The van der Waals surface area contributed by atoms with Gasteiger partial charge in [-0.3, -0.25) is 4.90 Å². The molecule has 2 fully saturated rings. The predicted molar refractivity (Wildman–Crippen MR) is 84.5 cm³/mol. The Morgan fingerprint density at radius 3 is 2.77 bits per heavy atom. The fourth-order valence-electron chi connectivity index (χ4n) is 3.41. The summed E-state index contributed by atoms with van der Waals surface area (Å²) in [4.78, 5) is 2.52. The van der Waals surface area contributed by atoms with E-state index in [1.54, 1.807) is 0 Å². The summed E-state index contributed by atoms with van der Waals surface area (Å²) in [5.74, 6) is 2.21. The fourth-order valence-corrected chi connectivity index (χ4v) is 3.41. The highest BCUT2D eigenvalue weighted by Gasteiger charge is 2.30. The Bertz CT molecular complexity index is 606. The molecular formula is C18H23N3O. The lowest BCUT2D eigenvalue weighted by atomic mass is 10.0. The number of aryl methyl sites for hydroxylation is 1. The lowest BCUT2D eigenvalue weighted by Gasteiger charge is -2.22. The topological polar surface area (TPSA) is 42.2 Å².